The van der Waals surface area contributed by atoms with Crippen molar-refractivity contribution in [2.45, 2.75) is 19.9 Å². The van der Waals surface area contributed by atoms with Gasteiger partial charge in [-0.15, -0.1) is 0 Å². The average Bonchev–Trinajstić information content (AvgIpc) is 3.10. The Hall–Kier alpha value is -3.77. The summed E-state index contributed by atoms with van der Waals surface area (Å²) in [6, 6.07) is 19.7. The normalized spacial score (nSPS) is 17.1. The topological polar surface area (TPSA) is 76.1 Å². The molecular weight excluding hydrogens is 454 g/mol. The Kier molecular flexibility index (Phi) is 6.89. The number of ether oxygens (including phenoxy) is 2. The molecule has 0 radical (unpaired) electrons. The lowest BCUT2D eigenvalue weighted by Crippen LogP contribution is -2.29. The van der Waals surface area contributed by atoms with Crippen LogP contribution in [0, 0.1) is 0 Å². The summed E-state index contributed by atoms with van der Waals surface area (Å²) >= 11 is 6.09. The molecule has 6 nitrogen and oxygen atoms in total. The lowest BCUT2D eigenvalue weighted by atomic mass is 9.95. The minimum Gasteiger partial charge on any atom is -0.507 e. The molecule has 3 aromatic carbocycles. The fraction of sp³-hybridized carbons (Fsp3) is 0.185. The fourth-order valence-corrected chi connectivity index (χ4v) is 4.13. The molecule has 1 fully saturated rings. The minimum absolute atomic E-state index is 0.0113. The first-order valence-electron chi connectivity index (χ1n) is 11.0. The maximum absolute atomic E-state index is 13.3. The molecule has 0 aromatic heterocycles. The molecule has 0 saturated carbocycles. The molecule has 1 saturated heterocycles. The Morgan fingerprint density at radius 1 is 0.912 bits per heavy atom. The maximum Gasteiger partial charge on any atom is 0.300 e. The number of aliphatic hydroxyl groups is 1. The van der Waals surface area contributed by atoms with Crippen molar-refractivity contribution in [2.75, 3.05) is 18.1 Å². The summed E-state index contributed by atoms with van der Waals surface area (Å²) in [4.78, 5) is 27.9. The Morgan fingerprint density at radius 2 is 1.53 bits per heavy atom. The van der Waals surface area contributed by atoms with Crippen LogP contribution in [0.1, 0.15) is 31.0 Å². The molecule has 174 valence electrons. The van der Waals surface area contributed by atoms with Crippen molar-refractivity contribution in [1.82, 2.24) is 0 Å². The lowest BCUT2D eigenvalue weighted by Gasteiger charge is -2.26. The Balaban J connectivity index is 1.90. The van der Waals surface area contributed by atoms with Crippen molar-refractivity contribution in [3.05, 3.63) is 94.5 Å². The van der Waals surface area contributed by atoms with Gasteiger partial charge in [-0.1, -0.05) is 41.9 Å². The summed E-state index contributed by atoms with van der Waals surface area (Å²) < 4.78 is 11.1. The molecule has 0 bridgehead atoms. The zero-order valence-corrected chi connectivity index (χ0v) is 19.6. The number of halogens is 1. The smallest absolute Gasteiger partial charge is 0.300 e. The molecule has 3 aromatic rings. The van der Waals surface area contributed by atoms with E-state index in [1.54, 1.807) is 72.8 Å². The van der Waals surface area contributed by atoms with Crippen LogP contribution in [0.2, 0.25) is 5.02 Å². The summed E-state index contributed by atoms with van der Waals surface area (Å²) in [6.45, 7) is 4.63. The van der Waals surface area contributed by atoms with Crippen LogP contribution in [0.15, 0.2) is 78.4 Å². The van der Waals surface area contributed by atoms with E-state index in [9.17, 15) is 14.7 Å². The standard InChI is InChI=1S/C27H24ClNO5/c1-3-33-21-9-5-7-18(15-21)25(30)23-24(17-11-13-19(28)14-12-17)29(27(32)26(23)31)20-8-6-10-22(16-20)34-4-2/h5-16,24,30H,3-4H2,1-2H3/b25-23+. The van der Waals surface area contributed by atoms with E-state index in [2.05, 4.69) is 0 Å². The zero-order valence-electron chi connectivity index (χ0n) is 18.8. The molecule has 1 unspecified atom stereocenters. The average molecular weight is 478 g/mol. The summed E-state index contributed by atoms with van der Waals surface area (Å²) in [7, 11) is 0. The summed E-state index contributed by atoms with van der Waals surface area (Å²) in [5, 5.41) is 11.8. The highest BCUT2D eigenvalue weighted by molar-refractivity contribution is 6.51. The largest absolute Gasteiger partial charge is 0.507 e. The van der Waals surface area contributed by atoms with Gasteiger partial charge in [0.25, 0.3) is 11.7 Å². The molecule has 0 aliphatic carbocycles. The highest BCUT2D eigenvalue weighted by atomic mass is 35.5. The van der Waals surface area contributed by atoms with Gasteiger partial charge in [-0.05, 0) is 55.8 Å². The monoisotopic (exact) mass is 477 g/mol. The van der Waals surface area contributed by atoms with Crippen molar-refractivity contribution in [1.29, 1.82) is 0 Å². The molecule has 1 N–H and O–H groups in total. The molecule has 1 aliphatic heterocycles. The molecule has 1 atom stereocenters. The first kappa shape index (κ1) is 23.4. The quantitative estimate of drug-likeness (QED) is 0.266. The van der Waals surface area contributed by atoms with Crippen LogP contribution in [0.3, 0.4) is 0 Å². The first-order valence-corrected chi connectivity index (χ1v) is 11.3. The van der Waals surface area contributed by atoms with Crippen molar-refractivity contribution >= 4 is 34.7 Å². The third kappa shape index (κ3) is 4.50. The highest BCUT2D eigenvalue weighted by Crippen LogP contribution is 2.43. The third-order valence-electron chi connectivity index (χ3n) is 5.46. The van der Waals surface area contributed by atoms with Crippen molar-refractivity contribution in [2.24, 2.45) is 0 Å². The van der Waals surface area contributed by atoms with E-state index in [1.807, 2.05) is 13.8 Å². The summed E-state index contributed by atoms with van der Waals surface area (Å²) in [5.41, 5.74) is 1.48. The minimum atomic E-state index is -0.857. The van der Waals surface area contributed by atoms with Gasteiger partial charge in [0.1, 0.15) is 17.3 Å². The number of rotatable bonds is 7. The van der Waals surface area contributed by atoms with Gasteiger partial charge in [0.2, 0.25) is 0 Å². The van der Waals surface area contributed by atoms with Crippen LogP contribution in [-0.2, 0) is 9.59 Å². The molecule has 1 heterocycles. The van der Waals surface area contributed by atoms with Crippen molar-refractivity contribution < 1.29 is 24.2 Å². The van der Waals surface area contributed by atoms with Gasteiger partial charge in [-0.3, -0.25) is 14.5 Å². The van der Waals surface area contributed by atoms with Gasteiger partial charge >= 0.3 is 0 Å². The number of nitrogens with zero attached hydrogens (tertiary/aromatic N) is 1. The van der Waals surface area contributed by atoms with E-state index in [1.165, 1.54) is 4.90 Å². The Morgan fingerprint density at radius 3 is 2.18 bits per heavy atom. The molecule has 4 rings (SSSR count). The second-order valence-electron chi connectivity index (χ2n) is 7.61. The third-order valence-corrected chi connectivity index (χ3v) is 5.71. The molecule has 34 heavy (non-hydrogen) atoms. The van der Waals surface area contributed by atoms with E-state index < -0.39 is 17.7 Å². The van der Waals surface area contributed by atoms with E-state index >= 15 is 0 Å². The van der Waals surface area contributed by atoms with Crippen LogP contribution in [0.25, 0.3) is 5.76 Å². The second-order valence-corrected chi connectivity index (χ2v) is 8.05. The van der Waals surface area contributed by atoms with Crippen LogP contribution in [0.5, 0.6) is 11.5 Å². The van der Waals surface area contributed by atoms with Gasteiger partial charge < -0.3 is 14.6 Å². The van der Waals surface area contributed by atoms with Crippen LogP contribution < -0.4 is 14.4 Å². The first-order chi connectivity index (χ1) is 16.4. The van der Waals surface area contributed by atoms with Gasteiger partial charge in [0, 0.05) is 22.3 Å². The number of hydrogen-bond acceptors (Lipinski definition) is 5. The van der Waals surface area contributed by atoms with E-state index in [0.717, 1.165) is 0 Å². The lowest BCUT2D eigenvalue weighted by molar-refractivity contribution is -0.132. The van der Waals surface area contributed by atoms with E-state index in [4.69, 9.17) is 21.1 Å². The number of aliphatic hydroxyl groups excluding tert-OH is 1. The summed E-state index contributed by atoms with van der Waals surface area (Å²) in [6.07, 6.45) is 0. The number of carbonyl (C=O) groups excluding carboxylic acids is 2. The van der Waals surface area contributed by atoms with Gasteiger partial charge in [-0.25, -0.2) is 0 Å². The van der Waals surface area contributed by atoms with E-state index in [0.29, 0.717) is 46.5 Å². The molecule has 7 heteroatoms. The summed E-state index contributed by atoms with van der Waals surface area (Å²) in [5.74, 6) is -0.671. The molecule has 1 aliphatic rings. The van der Waals surface area contributed by atoms with Crippen LogP contribution >= 0.6 is 11.6 Å². The zero-order chi connectivity index (χ0) is 24.2. The highest BCUT2D eigenvalue weighted by Gasteiger charge is 2.47. The number of anilines is 1. The van der Waals surface area contributed by atoms with Gasteiger partial charge in [0.15, 0.2) is 0 Å². The Labute approximate surface area is 203 Å². The molecule has 1 amide bonds. The number of Topliss-reactive ketones (excluding diaryl/α,β-unsaturated/α-hetero) is 1. The second kappa shape index (κ2) is 10.0. The van der Waals surface area contributed by atoms with Crippen LogP contribution in [-0.4, -0.2) is 30.0 Å². The van der Waals surface area contributed by atoms with Gasteiger partial charge in [0.05, 0.1) is 24.8 Å². The number of amides is 1. The number of benzene rings is 3. The Bertz CT molecular complexity index is 1250. The van der Waals surface area contributed by atoms with Gasteiger partial charge in [-0.2, -0.15) is 0 Å². The fourth-order valence-electron chi connectivity index (χ4n) is 4.00. The number of ketones is 1. The molecule has 0 spiro atoms. The predicted molar refractivity (Wildman–Crippen MR) is 131 cm³/mol. The number of carbonyl (C=O) groups is 2. The SMILES string of the molecule is CCOc1cccc(/C(O)=C2\C(=O)C(=O)N(c3cccc(OCC)c3)C2c2ccc(Cl)cc2)c1. The van der Waals surface area contributed by atoms with Crippen LogP contribution in [0.4, 0.5) is 5.69 Å². The number of hydrogen-bond donors (Lipinski definition) is 1. The molecular formula is C27H24ClNO5. The predicted octanol–water partition coefficient (Wildman–Crippen LogP) is 5.76. The maximum atomic E-state index is 13.3. The van der Waals surface area contributed by atoms with Crippen molar-refractivity contribution in [3.8, 4) is 11.5 Å². The van der Waals surface area contributed by atoms with E-state index in [-0.39, 0.29) is 11.3 Å². The van der Waals surface area contributed by atoms with Crippen molar-refractivity contribution in [3.63, 3.8) is 0 Å².